The number of carbonyl (C=O) groups is 1. The van der Waals surface area contributed by atoms with Gasteiger partial charge in [0.05, 0.1) is 11.8 Å². The molecule has 0 atom stereocenters. The zero-order valence-electron chi connectivity index (χ0n) is 15.9. The molecule has 0 saturated heterocycles. The van der Waals surface area contributed by atoms with E-state index in [2.05, 4.69) is 10.4 Å². The summed E-state index contributed by atoms with van der Waals surface area (Å²) in [5, 5.41) is 6.07. The molecule has 156 valence electrons. The van der Waals surface area contributed by atoms with Gasteiger partial charge in [0.1, 0.15) is 11.5 Å². The van der Waals surface area contributed by atoms with E-state index in [0.29, 0.717) is 10.4 Å². The maximum Gasteiger partial charge on any atom is 0.434 e. The summed E-state index contributed by atoms with van der Waals surface area (Å²) in [6.07, 6.45) is -4.15. The molecule has 0 aliphatic heterocycles. The van der Waals surface area contributed by atoms with E-state index in [1.54, 1.807) is 24.3 Å². The van der Waals surface area contributed by atoms with Gasteiger partial charge in [0.25, 0.3) is 5.91 Å². The van der Waals surface area contributed by atoms with Crippen LogP contribution in [-0.2, 0) is 6.18 Å². The van der Waals surface area contributed by atoms with Crippen molar-refractivity contribution in [1.29, 1.82) is 0 Å². The van der Waals surface area contributed by atoms with Crippen molar-refractivity contribution in [1.82, 2.24) is 9.78 Å². The Labute approximate surface area is 174 Å². The fourth-order valence-corrected chi connectivity index (χ4v) is 3.17. The van der Waals surface area contributed by atoms with Crippen molar-refractivity contribution in [2.75, 3.05) is 5.32 Å². The minimum atomic E-state index is -4.93. The predicted molar refractivity (Wildman–Crippen MR) is 108 cm³/mol. The minimum Gasteiger partial charge on any atom is -0.322 e. The molecule has 0 aliphatic carbocycles. The Bertz CT molecular complexity index is 1220. The number of aromatic nitrogens is 2. The lowest BCUT2D eigenvalue weighted by atomic mass is 10.1. The van der Waals surface area contributed by atoms with Crippen LogP contribution in [-0.4, -0.2) is 15.7 Å². The van der Waals surface area contributed by atoms with E-state index < -0.39 is 34.8 Å². The first-order valence-electron chi connectivity index (χ1n) is 9.21. The van der Waals surface area contributed by atoms with Gasteiger partial charge in [0.15, 0.2) is 5.69 Å². The molecule has 8 heteroatoms. The number of hydrogen-bond donors (Lipinski definition) is 1. The second kappa shape index (κ2) is 8.06. The second-order valence-corrected chi connectivity index (χ2v) is 6.67. The van der Waals surface area contributed by atoms with Crippen LogP contribution in [0, 0.1) is 5.82 Å². The third kappa shape index (κ3) is 4.18. The molecule has 4 rings (SSSR count). The molecule has 4 nitrogen and oxygen atoms in total. The third-order valence-corrected chi connectivity index (χ3v) is 4.61. The van der Waals surface area contributed by atoms with Crippen molar-refractivity contribution in [2.45, 2.75) is 6.18 Å². The Morgan fingerprint density at radius 2 is 1.45 bits per heavy atom. The average Bonchev–Trinajstić information content (AvgIpc) is 3.21. The molecule has 0 spiro atoms. The molecular formula is C23H15F4N3O. The van der Waals surface area contributed by atoms with Gasteiger partial charge in [-0.2, -0.15) is 18.3 Å². The van der Waals surface area contributed by atoms with Gasteiger partial charge in [-0.3, -0.25) is 4.79 Å². The average molecular weight is 425 g/mol. The Balaban J connectivity index is 1.64. The van der Waals surface area contributed by atoms with Crippen molar-refractivity contribution in [3.05, 3.63) is 102 Å². The molecule has 1 amide bonds. The Kier molecular flexibility index (Phi) is 5.29. The van der Waals surface area contributed by atoms with E-state index in [4.69, 9.17) is 0 Å². The highest BCUT2D eigenvalue weighted by atomic mass is 19.4. The number of carbonyl (C=O) groups excluding carboxylic acids is 1. The van der Waals surface area contributed by atoms with Crippen molar-refractivity contribution < 1.29 is 22.4 Å². The van der Waals surface area contributed by atoms with Crippen LogP contribution in [0.1, 0.15) is 16.1 Å². The van der Waals surface area contributed by atoms with Crippen molar-refractivity contribution >= 4 is 11.6 Å². The number of nitrogens with zero attached hydrogens (tertiary/aromatic N) is 2. The van der Waals surface area contributed by atoms with Gasteiger partial charge in [-0.1, -0.05) is 54.6 Å². The first kappa shape index (κ1) is 20.3. The molecule has 0 bridgehead atoms. The molecule has 3 aromatic carbocycles. The molecule has 1 N–H and O–H groups in total. The van der Waals surface area contributed by atoms with E-state index in [1.807, 2.05) is 30.3 Å². The van der Waals surface area contributed by atoms with Crippen LogP contribution >= 0.6 is 0 Å². The van der Waals surface area contributed by atoms with Gasteiger partial charge in [0, 0.05) is 5.69 Å². The number of alkyl halides is 3. The highest BCUT2D eigenvalue weighted by Gasteiger charge is 2.41. The van der Waals surface area contributed by atoms with Crippen molar-refractivity contribution in [3.63, 3.8) is 0 Å². The molecule has 1 aromatic heterocycles. The predicted octanol–water partition coefficient (Wildman–Crippen LogP) is 5.95. The number of halogens is 4. The zero-order chi connectivity index (χ0) is 22.0. The molecule has 0 radical (unpaired) electrons. The smallest absolute Gasteiger partial charge is 0.322 e. The van der Waals surface area contributed by atoms with E-state index >= 15 is 0 Å². The number of benzene rings is 3. The van der Waals surface area contributed by atoms with Crippen molar-refractivity contribution in [3.8, 4) is 16.8 Å². The maximum atomic E-state index is 14.0. The summed E-state index contributed by atoms with van der Waals surface area (Å²) in [6, 6.07) is 21.1. The summed E-state index contributed by atoms with van der Waals surface area (Å²) in [5.41, 5.74) is -0.288. The van der Waals surface area contributed by atoms with E-state index in [0.717, 1.165) is 29.5 Å². The van der Waals surface area contributed by atoms with Gasteiger partial charge in [-0.05, 0) is 35.4 Å². The molecule has 0 saturated carbocycles. The third-order valence-electron chi connectivity index (χ3n) is 4.61. The summed E-state index contributed by atoms with van der Waals surface area (Å²) in [7, 11) is 0. The first-order valence-corrected chi connectivity index (χ1v) is 9.21. The van der Waals surface area contributed by atoms with Crippen LogP contribution in [0.15, 0.2) is 85.1 Å². The summed E-state index contributed by atoms with van der Waals surface area (Å²) >= 11 is 0. The van der Waals surface area contributed by atoms with Crippen molar-refractivity contribution in [2.24, 2.45) is 0 Å². The van der Waals surface area contributed by atoms with Crippen LogP contribution in [0.5, 0.6) is 0 Å². The first-order chi connectivity index (χ1) is 14.8. The number of para-hydroxylation sites is 1. The van der Waals surface area contributed by atoms with Gasteiger partial charge in [-0.25, -0.2) is 9.07 Å². The summed E-state index contributed by atoms with van der Waals surface area (Å²) in [4.78, 5) is 12.6. The fraction of sp³-hybridized carbons (Fsp3) is 0.0435. The topological polar surface area (TPSA) is 46.9 Å². The van der Waals surface area contributed by atoms with Crippen LogP contribution in [0.2, 0.25) is 0 Å². The van der Waals surface area contributed by atoms with Gasteiger partial charge >= 0.3 is 6.18 Å². The highest BCUT2D eigenvalue weighted by molar-refractivity contribution is 6.05. The van der Waals surface area contributed by atoms with E-state index in [-0.39, 0.29) is 0 Å². The fourth-order valence-electron chi connectivity index (χ4n) is 3.17. The Morgan fingerprint density at radius 3 is 2.10 bits per heavy atom. The molecule has 0 unspecified atom stereocenters. The summed E-state index contributed by atoms with van der Waals surface area (Å²) in [5.74, 6) is -1.89. The second-order valence-electron chi connectivity index (χ2n) is 6.67. The van der Waals surface area contributed by atoms with Crippen LogP contribution in [0.3, 0.4) is 0 Å². The SMILES string of the molecule is O=C(Nc1ccc(-c2ccccc2)cc1)c1cnn(-c2ccccc2F)c1C(F)(F)F. The normalized spacial score (nSPS) is 11.4. The monoisotopic (exact) mass is 425 g/mol. The number of rotatable bonds is 4. The largest absolute Gasteiger partial charge is 0.434 e. The zero-order valence-corrected chi connectivity index (χ0v) is 15.9. The Hall–Kier alpha value is -3.94. The van der Waals surface area contributed by atoms with Gasteiger partial charge in [0.2, 0.25) is 0 Å². The number of amides is 1. The molecule has 4 aromatic rings. The quantitative estimate of drug-likeness (QED) is 0.411. The number of nitrogens with one attached hydrogen (secondary N) is 1. The maximum absolute atomic E-state index is 14.0. The lowest BCUT2D eigenvalue weighted by Crippen LogP contribution is -2.21. The molecule has 0 aliphatic rings. The minimum absolute atomic E-state index is 0.316. The van der Waals surface area contributed by atoms with Crippen LogP contribution < -0.4 is 5.32 Å². The molecule has 0 fully saturated rings. The molecule has 31 heavy (non-hydrogen) atoms. The van der Waals surface area contributed by atoms with Crippen LogP contribution in [0.4, 0.5) is 23.2 Å². The van der Waals surface area contributed by atoms with Gasteiger partial charge < -0.3 is 5.32 Å². The van der Waals surface area contributed by atoms with E-state index in [9.17, 15) is 22.4 Å². The Morgan fingerprint density at radius 1 is 0.839 bits per heavy atom. The molecular weight excluding hydrogens is 410 g/mol. The lowest BCUT2D eigenvalue weighted by molar-refractivity contribution is -0.143. The van der Waals surface area contributed by atoms with Gasteiger partial charge in [-0.15, -0.1) is 0 Å². The summed E-state index contributed by atoms with van der Waals surface area (Å²) in [6.45, 7) is 0. The number of anilines is 1. The molecule has 1 heterocycles. The van der Waals surface area contributed by atoms with E-state index in [1.165, 1.54) is 12.1 Å². The van der Waals surface area contributed by atoms with Crippen LogP contribution in [0.25, 0.3) is 16.8 Å². The highest BCUT2D eigenvalue weighted by Crippen LogP contribution is 2.34. The standard InChI is InChI=1S/C23H15F4N3O/c24-19-8-4-5-9-20(19)30-21(23(25,26)27)18(14-28-30)22(31)29-17-12-10-16(11-13-17)15-6-2-1-3-7-15/h1-14H,(H,29,31). The summed E-state index contributed by atoms with van der Waals surface area (Å²) < 4.78 is 55.6. The lowest BCUT2D eigenvalue weighted by Gasteiger charge is -2.13. The number of hydrogen-bond acceptors (Lipinski definition) is 2.